The second-order valence-electron chi connectivity index (χ2n) is 6.71. The van der Waals surface area contributed by atoms with E-state index in [1.807, 2.05) is 54.7 Å². The van der Waals surface area contributed by atoms with Crippen LogP contribution in [0.3, 0.4) is 0 Å². The van der Waals surface area contributed by atoms with Gasteiger partial charge in [0.2, 0.25) is 15.2 Å². The monoisotopic (exact) mass is 429 g/mol. The smallest absolute Gasteiger partial charge is 0.242 e. The molecule has 0 aliphatic rings. The largest absolute Gasteiger partial charge is 0.378 e. The van der Waals surface area contributed by atoms with E-state index in [-0.39, 0.29) is 4.90 Å². The first-order valence-corrected chi connectivity index (χ1v) is 11.1. The molecular weight excluding hydrogens is 406 g/mol. The fraction of sp³-hybridized carbons (Fsp3) is 0.200. The third-order valence-corrected chi connectivity index (χ3v) is 6.75. The Kier molecular flexibility index (Phi) is 6.31. The minimum absolute atomic E-state index is 0.238. The molecule has 3 aromatic rings. The van der Waals surface area contributed by atoms with Crippen molar-refractivity contribution >= 4 is 38.4 Å². The van der Waals surface area contributed by atoms with Gasteiger partial charge in [0.25, 0.3) is 0 Å². The van der Waals surface area contributed by atoms with Gasteiger partial charge in [-0.05, 0) is 29.8 Å². The average Bonchev–Trinajstić information content (AvgIpc) is 3.17. The van der Waals surface area contributed by atoms with Gasteiger partial charge in [0.15, 0.2) is 0 Å². The third-order valence-electron chi connectivity index (χ3n) is 4.20. The number of thiazole rings is 1. The van der Waals surface area contributed by atoms with E-state index >= 15 is 0 Å². The Morgan fingerprint density at radius 3 is 2.45 bits per heavy atom. The molecule has 2 aromatic carbocycles. The van der Waals surface area contributed by atoms with Gasteiger partial charge in [-0.3, -0.25) is 5.43 Å². The number of sulfonamides is 1. The fourth-order valence-electron chi connectivity index (χ4n) is 2.50. The van der Waals surface area contributed by atoms with Crippen molar-refractivity contribution in [1.29, 1.82) is 0 Å². The van der Waals surface area contributed by atoms with Crippen molar-refractivity contribution in [2.24, 2.45) is 5.10 Å². The molecule has 0 saturated carbocycles. The Bertz CT molecular complexity index is 1100. The van der Waals surface area contributed by atoms with Gasteiger partial charge in [0.05, 0.1) is 16.8 Å². The van der Waals surface area contributed by atoms with Crippen LogP contribution in [0.1, 0.15) is 5.56 Å². The Balaban J connectivity index is 1.71. The molecule has 1 N–H and O–H groups in total. The summed E-state index contributed by atoms with van der Waals surface area (Å²) in [6, 6.07) is 14.8. The van der Waals surface area contributed by atoms with Crippen molar-refractivity contribution in [1.82, 2.24) is 9.29 Å². The van der Waals surface area contributed by atoms with E-state index in [1.165, 1.54) is 29.7 Å². The van der Waals surface area contributed by atoms with Crippen LogP contribution in [-0.2, 0) is 10.0 Å². The zero-order chi connectivity index (χ0) is 21.0. The van der Waals surface area contributed by atoms with E-state index in [0.29, 0.717) is 10.8 Å². The molecule has 1 aromatic heterocycles. The Hall–Kier alpha value is -2.75. The number of hydrogen-bond donors (Lipinski definition) is 1. The Morgan fingerprint density at radius 2 is 1.79 bits per heavy atom. The summed E-state index contributed by atoms with van der Waals surface area (Å²) in [5.41, 5.74) is 6.45. The molecule has 1 heterocycles. The van der Waals surface area contributed by atoms with Gasteiger partial charge in [-0.2, -0.15) is 5.10 Å². The maximum absolute atomic E-state index is 12.3. The van der Waals surface area contributed by atoms with Crippen molar-refractivity contribution < 1.29 is 8.42 Å². The van der Waals surface area contributed by atoms with Crippen LogP contribution in [0.5, 0.6) is 0 Å². The Labute approximate surface area is 175 Å². The number of hydrogen-bond acceptors (Lipinski definition) is 7. The van der Waals surface area contributed by atoms with Crippen LogP contribution in [0.15, 0.2) is 63.9 Å². The minimum Gasteiger partial charge on any atom is -0.378 e. The lowest BCUT2D eigenvalue weighted by molar-refractivity contribution is 0.521. The predicted molar refractivity (Wildman–Crippen MR) is 120 cm³/mol. The third kappa shape index (κ3) is 5.00. The second kappa shape index (κ2) is 8.73. The maximum atomic E-state index is 12.3. The molecule has 0 bridgehead atoms. The number of rotatable bonds is 7. The van der Waals surface area contributed by atoms with E-state index in [9.17, 15) is 8.42 Å². The predicted octanol–water partition coefficient (Wildman–Crippen LogP) is 3.57. The van der Waals surface area contributed by atoms with Gasteiger partial charge >= 0.3 is 0 Å². The molecule has 9 heteroatoms. The number of nitrogens with one attached hydrogen (secondary N) is 1. The molecule has 3 rings (SSSR count). The molecule has 0 radical (unpaired) electrons. The van der Waals surface area contributed by atoms with Gasteiger partial charge in [-0.1, -0.05) is 24.3 Å². The molecule has 0 fully saturated rings. The molecule has 152 valence electrons. The van der Waals surface area contributed by atoms with Crippen LogP contribution in [0, 0.1) is 0 Å². The van der Waals surface area contributed by atoms with Crippen LogP contribution in [0.4, 0.5) is 10.8 Å². The highest BCUT2D eigenvalue weighted by atomic mass is 32.2. The van der Waals surface area contributed by atoms with Crippen molar-refractivity contribution in [3.63, 3.8) is 0 Å². The lowest BCUT2D eigenvalue weighted by atomic mass is 10.2. The summed E-state index contributed by atoms with van der Waals surface area (Å²) in [5, 5.41) is 6.72. The molecule has 0 aliphatic heterocycles. The summed E-state index contributed by atoms with van der Waals surface area (Å²) in [6.07, 6.45) is 1.73. The Morgan fingerprint density at radius 1 is 1.07 bits per heavy atom. The molecule has 29 heavy (non-hydrogen) atoms. The summed E-state index contributed by atoms with van der Waals surface area (Å²) < 4.78 is 25.9. The molecule has 0 spiro atoms. The number of anilines is 2. The number of aromatic nitrogens is 1. The van der Waals surface area contributed by atoms with E-state index in [4.69, 9.17) is 0 Å². The van der Waals surface area contributed by atoms with Gasteiger partial charge in [-0.25, -0.2) is 17.7 Å². The molecule has 0 aliphatic carbocycles. The number of hydrazone groups is 1. The first kappa shape index (κ1) is 21.0. The van der Waals surface area contributed by atoms with E-state index in [2.05, 4.69) is 15.5 Å². The van der Waals surface area contributed by atoms with Gasteiger partial charge in [0, 0.05) is 44.8 Å². The summed E-state index contributed by atoms with van der Waals surface area (Å²) >= 11 is 1.40. The fourth-order valence-corrected chi connectivity index (χ4v) is 4.12. The van der Waals surface area contributed by atoms with Gasteiger partial charge < -0.3 is 4.90 Å². The molecule has 0 atom stereocenters. The SMILES string of the molecule is CN(C)c1ccc(C=NNc2nc(-c3cccc(S(=O)(=O)N(C)C)c3)cs2)cc1. The normalized spacial score (nSPS) is 11.9. The molecular formula is C20H23N5O2S2. The molecule has 7 nitrogen and oxygen atoms in total. The quantitative estimate of drug-likeness (QED) is 0.459. The zero-order valence-electron chi connectivity index (χ0n) is 16.7. The highest BCUT2D eigenvalue weighted by molar-refractivity contribution is 7.89. The zero-order valence-corrected chi connectivity index (χ0v) is 18.3. The van der Waals surface area contributed by atoms with Gasteiger partial charge in [0.1, 0.15) is 0 Å². The maximum Gasteiger partial charge on any atom is 0.242 e. The van der Waals surface area contributed by atoms with Crippen LogP contribution in [0.25, 0.3) is 11.3 Å². The highest BCUT2D eigenvalue weighted by Gasteiger charge is 2.18. The van der Waals surface area contributed by atoms with Crippen molar-refractivity contribution in [3.8, 4) is 11.3 Å². The number of nitrogens with zero attached hydrogens (tertiary/aromatic N) is 4. The molecule has 0 amide bonds. The van der Waals surface area contributed by atoms with Crippen LogP contribution in [0.2, 0.25) is 0 Å². The molecule has 0 saturated heterocycles. The topological polar surface area (TPSA) is 77.9 Å². The summed E-state index contributed by atoms with van der Waals surface area (Å²) in [6.45, 7) is 0. The first-order chi connectivity index (χ1) is 13.8. The van der Waals surface area contributed by atoms with Crippen molar-refractivity contribution in [3.05, 3.63) is 59.5 Å². The lowest BCUT2D eigenvalue weighted by Crippen LogP contribution is -2.22. The van der Waals surface area contributed by atoms with E-state index in [0.717, 1.165) is 16.8 Å². The van der Waals surface area contributed by atoms with Gasteiger partial charge in [-0.15, -0.1) is 11.3 Å². The number of benzene rings is 2. The summed E-state index contributed by atoms with van der Waals surface area (Å²) in [4.78, 5) is 6.77. The standard InChI is InChI=1S/C20H23N5O2S2/c1-24(2)17-10-8-15(9-11-17)13-21-23-20-22-19(14-28-20)16-6-5-7-18(12-16)29(26,27)25(3)4/h5-14H,1-4H3,(H,22,23). The molecule has 0 unspecified atom stereocenters. The van der Waals surface area contributed by atoms with Crippen molar-refractivity contribution in [2.45, 2.75) is 4.90 Å². The summed E-state index contributed by atoms with van der Waals surface area (Å²) in [7, 11) is 3.53. The second-order valence-corrected chi connectivity index (χ2v) is 9.72. The summed E-state index contributed by atoms with van der Waals surface area (Å²) in [5.74, 6) is 0. The first-order valence-electron chi connectivity index (χ1n) is 8.82. The van der Waals surface area contributed by atoms with E-state index in [1.54, 1.807) is 24.4 Å². The van der Waals surface area contributed by atoms with Crippen LogP contribution >= 0.6 is 11.3 Å². The van der Waals surface area contributed by atoms with Crippen LogP contribution in [-0.4, -0.2) is 52.1 Å². The minimum atomic E-state index is -3.49. The average molecular weight is 430 g/mol. The van der Waals surface area contributed by atoms with Crippen LogP contribution < -0.4 is 10.3 Å². The highest BCUT2D eigenvalue weighted by Crippen LogP contribution is 2.27. The van der Waals surface area contributed by atoms with E-state index < -0.39 is 10.0 Å². The lowest BCUT2D eigenvalue weighted by Gasteiger charge is -2.11. The van der Waals surface area contributed by atoms with Crippen molar-refractivity contribution in [2.75, 3.05) is 38.5 Å².